The Morgan fingerprint density at radius 2 is 1.95 bits per heavy atom. The number of benzene rings is 1. The highest BCUT2D eigenvalue weighted by Crippen LogP contribution is 2.28. The van der Waals surface area contributed by atoms with Crippen LogP contribution < -0.4 is 5.32 Å². The quantitative estimate of drug-likeness (QED) is 0.685. The molecule has 0 bridgehead atoms. The molecule has 2 aromatic heterocycles. The van der Waals surface area contributed by atoms with Crippen LogP contribution in [0.2, 0.25) is 10.3 Å². The minimum Gasteiger partial charge on any atom is -0.339 e. The maximum absolute atomic E-state index is 6.05. The van der Waals surface area contributed by atoms with Crippen molar-refractivity contribution in [3.8, 4) is 0 Å². The maximum atomic E-state index is 6.05. The molecule has 3 rings (SSSR count). The zero-order valence-electron chi connectivity index (χ0n) is 11.6. The van der Waals surface area contributed by atoms with E-state index in [1.807, 2.05) is 36.5 Å². The van der Waals surface area contributed by atoms with E-state index in [0.29, 0.717) is 16.9 Å². The number of anilines is 2. The highest BCUT2D eigenvalue weighted by Gasteiger charge is 2.12. The van der Waals surface area contributed by atoms with Gasteiger partial charge in [0.2, 0.25) is 5.28 Å². The van der Waals surface area contributed by atoms with Crippen LogP contribution in [0.1, 0.15) is 19.9 Å². The summed E-state index contributed by atoms with van der Waals surface area (Å²) in [5, 5.41) is 5.05. The summed E-state index contributed by atoms with van der Waals surface area (Å²) in [6.45, 7) is 4.19. The van der Waals surface area contributed by atoms with E-state index >= 15 is 0 Å². The normalized spacial score (nSPS) is 11.3. The zero-order valence-corrected chi connectivity index (χ0v) is 13.2. The monoisotopic (exact) mass is 320 g/mol. The summed E-state index contributed by atoms with van der Waals surface area (Å²) < 4.78 is 2.06. The Hall–Kier alpha value is -1.78. The van der Waals surface area contributed by atoms with Gasteiger partial charge in [-0.25, -0.2) is 0 Å². The molecule has 108 valence electrons. The van der Waals surface area contributed by atoms with Gasteiger partial charge >= 0.3 is 0 Å². The van der Waals surface area contributed by atoms with Crippen molar-refractivity contribution in [2.24, 2.45) is 0 Å². The number of fused-ring (bicyclic) bond motifs is 1. The lowest BCUT2D eigenvalue weighted by Crippen LogP contribution is -2.02. The largest absolute Gasteiger partial charge is 0.339 e. The van der Waals surface area contributed by atoms with Crippen LogP contribution in [0.3, 0.4) is 0 Å². The molecule has 4 nitrogen and oxygen atoms in total. The highest BCUT2D eigenvalue weighted by atomic mass is 35.5. The van der Waals surface area contributed by atoms with E-state index in [2.05, 4.69) is 33.7 Å². The number of nitrogens with zero attached hydrogens (tertiary/aromatic N) is 3. The molecule has 0 fully saturated rings. The highest BCUT2D eigenvalue weighted by molar-refractivity contribution is 6.31. The van der Waals surface area contributed by atoms with E-state index in [-0.39, 0.29) is 5.28 Å². The lowest BCUT2D eigenvalue weighted by atomic mass is 10.3. The van der Waals surface area contributed by atoms with E-state index < -0.39 is 0 Å². The fraction of sp³-hybridized carbons (Fsp3) is 0.200. The van der Waals surface area contributed by atoms with Gasteiger partial charge in [-0.15, -0.1) is 0 Å². The van der Waals surface area contributed by atoms with Crippen LogP contribution in [0.15, 0.2) is 36.5 Å². The average Bonchev–Trinajstić information content (AvgIpc) is 2.82. The molecule has 0 aliphatic rings. The van der Waals surface area contributed by atoms with E-state index in [1.165, 1.54) is 0 Å². The molecule has 0 saturated carbocycles. The van der Waals surface area contributed by atoms with E-state index in [1.54, 1.807) is 0 Å². The Morgan fingerprint density at radius 1 is 1.14 bits per heavy atom. The Kier molecular flexibility index (Phi) is 3.74. The molecule has 0 aliphatic heterocycles. The predicted molar refractivity (Wildman–Crippen MR) is 87.7 cm³/mol. The third-order valence-corrected chi connectivity index (χ3v) is 3.59. The van der Waals surface area contributed by atoms with Crippen molar-refractivity contribution in [2.75, 3.05) is 5.32 Å². The second-order valence-corrected chi connectivity index (χ2v) is 5.81. The average molecular weight is 321 g/mol. The summed E-state index contributed by atoms with van der Waals surface area (Å²) in [5.74, 6) is 0.673. The van der Waals surface area contributed by atoms with Crippen LogP contribution in [0.4, 0.5) is 11.5 Å². The number of hydrogen-bond donors (Lipinski definition) is 1. The van der Waals surface area contributed by atoms with Crippen LogP contribution >= 0.6 is 23.2 Å². The molecule has 1 aromatic carbocycles. The second-order valence-electron chi connectivity index (χ2n) is 5.03. The number of nitrogens with one attached hydrogen (secondary N) is 1. The number of rotatable bonds is 3. The van der Waals surface area contributed by atoms with Gasteiger partial charge in [0.15, 0.2) is 0 Å². The van der Waals surface area contributed by atoms with Crippen molar-refractivity contribution in [1.29, 1.82) is 0 Å². The minimum atomic E-state index is 0.215. The van der Waals surface area contributed by atoms with Crippen molar-refractivity contribution >= 4 is 45.7 Å². The maximum Gasteiger partial charge on any atom is 0.226 e. The smallest absolute Gasteiger partial charge is 0.226 e. The Morgan fingerprint density at radius 3 is 2.67 bits per heavy atom. The van der Waals surface area contributed by atoms with Crippen LogP contribution in [0.5, 0.6) is 0 Å². The lowest BCUT2D eigenvalue weighted by Gasteiger charge is -2.11. The SMILES string of the molecule is CC(C)n1ccc2c(Nc3cccc(Cl)c3)nc(Cl)nc21. The fourth-order valence-corrected chi connectivity index (χ4v) is 2.58. The summed E-state index contributed by atoms with van der Waals surface area (Å²) in [5.41, 5.74) is 1.67. The molecule has 1 N–H and O–H groups in total. The van der Waals surface area contributed by atoms with Crippen LogP contribution in [0.25, 0.3) is 11.0 Å². The van der Waals surface area contributed by atoms with Gasteiger partial charge in [-0.05, 0) is 49.7 Å². The standard InChI is InChI=1S/C15H14Cl2N4/c1-9(2)21-7-6-12-13(19-15(17)20-14(12)21)18-11-5-3-4-10(16)8-11/h3-9H,1-2H3,(H,18,19,20). The molecule has 0 amide bonds. The molecule has 0 aliphatic carbocycles. The van der Waals surface area contributed by atoms with Gasteiger partial charge < -0.3 is 9.88 Å². The predicted octanol–water partition coefficient (Wildman–Crippen LogP) is 5.06. The molecule has 21 heavy (non-hydrogen) atoms. The molecule has 0 unspecified atom stereocenters. The van der Waals surface area contributed by atoms with Crippen molar-refractivity contribution in [3.05, 3.63) is 46.8 Å². The molecule has 0 radical (unpaired) electrons. The molecule has 0 saturated heterocycles. The molecule has 2 heterocycles. The molecule has 6 heteroatoms. The van der Waals surface area contributed by atoms with E-state index in [4.69, 9.17) is 23.2 Å². The summed E-state index contributed by atoms with van der Waals surface area (Å²) in [6, 6.07) is 9.75. The molecule has 0 spiro atoms. The third kappa shape index (κ3) is 2.82. The summed E-state index contributed by atoms with van der Waals surface area (Å²) in [7, 11) is 0. The van der Waals surface area contributed by atoms with Crippen LogP contribution in [-0.2, 0) is 0 Å². The molecule has 0 atom stereocenters. The molecular weight excluding hydrogens is 307 g/mol. The van der Waals surface area contributed by atoms with Gasteiger partial charge in [-0.2, -0.15) is 9.97 Å². The summed E-state index contributed by atoms with van der Waals surface area (Å²) in [6.07, 6.45) is 1.99. The van der Waals surface area contributed by atoms with Crippen LogP contribution in [-0.4, -0.2) is 14.5 Å². The third-order valence-electron chi connectivity index (χ3n) is 3.19. The first-order valence-corrected chi connectivity index (χ1v) is 7.37. The van der Waals surface area contributed by atoms with Gasteiger partial charge in [-0.3, -0.25) is 0 Å². The first-order valence-electron chi connectivity index (χ1n) is 6.61. The van der Waals surface area contributed by atoms with E-state index in [0.717, 1.165) is 16.7 Å². The fourth-order valence-electron chi connectivity index (χ4n) is 2.22. The summed E-state index contributed by atoms with van der Waals surface area (Å²) >= 11 is 12.1. The van der Waals surface area contributed by atoms with Crippen molar-refractivity contribution in [2.45, 2.75) is 19.9 Å². The van der Waals surface area contributed by atoms with Crippen LogP contribution in [0, 0.1) is 0 Å². The van der Waals surface area contributed by atoms with Crippen molar-refractivity contribution in [1.82, 2.24) is 14.5 Å². The Labute approximate surface area is 132 Å². The second kappa shape index (κ2) is 5.54. The van der Waals surface area contributed by atoms with Gasteiger partial charge in [-0.1, -0.05) is 17.7 Å². The Balaban J connectivity index is 2.10. The minimum absolute atomic E-state index is 0.215. The first-order chi connectivity index (χ1) is 10.0. The topological polar surface area (TPSA) is 42.7 Å². The van der Waals surface area contributed by atoms with Gasteiger partial charge in [0.25, 0.3) is 0 Å². The van der Waals surface area contributed by atoms with Gasteiger partial charge in [0.1, 0.15) is 11.5 Å². The summed E-state index contributed by atoms with van der Waals surface area (Å²) in [4.78, 5) is 8.61. The van der Waals surface area contributed by atoms with E-state index in [9.17, 15) is 0 Å². The zero-order chi connectivity index (χ0) is 15.0. The number of hydrogen-bond acceptors (Lipinski definition) is 3. The molecule has 3 aromatic rings. The Bertz CT molecular complexity index is 795. The molecular formula is C15H14Cl2N4. The van der Waals surface area contributed by atoms with Crippen molar-refractivity contribution < 1.29 is 0 Å². The van der Waals surface area contributed by atoms with Gasteiger partial charge in [0.05, 0.1) is 5.39 Å². The lowest BCUT2D eigenvalue weighted by molar-refractivity contribution is 0.617. The first kappa shape index (κ1) is 14.2. The number of aromatic nitrogens is 3. The number of halogens is 2. The van der Waals surface area contributed by atoms with Crippen molar-refractivity contribution in [3.63, 3.8) is 0 Å². The van der Waals surface area contributed by atoms with Gasteiger partial charge in [0, 0.05) is 22.9 Å².